The molecule has 0 saturated carbocycles. The van der Waals surface area contributed by atoms with Gasteiger partial charge in [-0.1, -0.05) is 0 Å². The second-order valence-electron chi connectivity index (χ2n) is 3.91. The summed E-state index contributed by atoms with van der Waals surface area (Å²) in [6, 6.07) is 0.217. The molecular weight excluding hydrogens is 180 g/mol. The molecular formula is C10H20N2O2. The normalized spacial score (nSPS) is 23.4. The molecule has 2 atom stereocenters. The summed E-state index contributed by atoms with van der Waals surface area (Å²) in [5.41, 5.74) is 5.59. The Morgan fingerprint density at radius 2 is 2.50 bits per heavy atom. The molecule has 14 heavy (non-hydrogen) atoms. The molecule has 0 aliphatic carbocycles. The highest BCUT2D eigenvalue weighted by atomic mass is 16.5. The Bertz CT molecular complexity index is 177. The zero-order valence-electron chi connectivity index (χ0n) is 8.79. The van der Waals surface area contributed by atoms with E-state index in [2.05, 4.69) is 5.32 Å². The van der Waals surface area contributed by atoms with Crippen molar-refractivity contribution in [3.05, 3.63) is 0 Å². The highest BCUT2D eigenvalue weighted by molar-refractivity contribution is 5.80. The van der Waals surface area contributed by atoms with Crippen LogP contribution in [0.15, 0.2) is 0 Å². The first-order chi connectivity index (χ1) is 6.70. The highest BCUT2D eigenvalue weighted by Gasteiger charge is 2.22. The van der Waals surface area contributed by atoms with Gasteiger partial charge in [-0.3, -0.25) is 4.79 Å². The Labute approximate surface area is 85.2 Å². The highest BCUT2D eigenvalue weighted by Crippen LogP contribution is 2.11. The van der Waals surface area contributed by atoms with E-state index >= 15 is 0 Å². The predicted octanol–water partition coefficient (Wildman–Crippen LogP) is 0.409. The van der Waals surface area contributed by atoms with Crippen molar-refractivity contribution >= 4 is 5.91 Å². The number of carbonyl (C=O) groups is 1. The largest absolute Gasteiger partial charge is 0.368 e. The minimum absolute atomic E-state index is 0.0344. The van der Waals surface area contributed by atoms with E-state index in [-0.39, 0.29) is 18.1 Å². The van der Waals surface area contributed by atoms with Crippen LogP contribution in [0.4, 0.5) is 0 Å². The van der Waals surface area contributed by atoms with Gasteiger partial charge in [0, 0.05) is 19.2 Å². The number of nitrogens with one attached hydrogen (secondary N) is 1. The molecule has 2 unspecified atom stereocenters. The molecule has 1 saturated heterocycles. The summed E-state index contributed by atoms with van der Waals surface area (Å²) in [6.07, 6.45) is 3.55. The van der Waals surface area contributed by atoms with E-state index < -0.39 is 0 Å². The summed E-state index contributed by atoms with van der Waals surface area (Å²) in [6.45, 7) is 3.40. The van der Waals surface area contributed by atoms with Gasteiger partial charge in [-0.25, -0.2) is 0 Å². The van der Waals surface area contributed by atoms with Crippen molar-refractivity contribution in [3.8, 4) is 0 Å². The zero-order chi connectivity index (χ0) is 10.4. The van der Waals surface area contributed by atoms with E-state index in [0.29, 0.717) is 6.54 Å². The monoisotopic (exact) mass is 200 g/mol. The fraction of sp³-hybridized carbons (Fsp3) is 0.900. The zero-order valence-corrected chi connectivity index (χ0v) is 8.79. The van der Waals surface area contributed by atoms with Gasteiger partial charge >= 0.3 is 0 Å². The van der Waals surface area contributed by atoms with Gasteiger partial charge in [0.15, 0.2) is 0 Å². The molecule has 3 N–H and O–H groups in total. The Morgan fingerprint density at radius 3 is 3.07 bits per heavy atom. The molecule has 1 rings (SSSR count). The number of hydrogen-bond acceptors (Lipinski definition) is 3. The standard InChI is InChI=1S/C10H20N2O2/c1-8(11)4-2-6-12-10(13)9-5-3-7-14-9/h8-9H,2-7,11H2,1H3,(H,12,13). The molecule has 0 aromatic heterocycles. The maximum Gasteiger partial charge on any atom is 0.249 e. The summed E-state index contributed by atoms with van der Waals surface area (Å²) in [5.74, 6) is 0.0344. The molecule has 1 fully saturated rings. The number of ether oxygens (including phenoxy) is 1. The van der Waals surface area contributed by atoms with E-state index in [1.165, 1.54) is 0 Å². The van der Waals surface area contributed by atoms with Gasteiger partial charge < -0.3 is 15.8 Å². The van der Waals surface area contributed by atoms with E-state index in [4.69, 9.17) is 10.5 Å². The summed E-state index contributed by atoms with van der Waals surface area (Å²) in [4.78, 5) is 11.4. The Hall–Kier alpha value is -0.610. The van der Waals surface area contributed by atoms with Gasteiger partial charge in [0.2, 0.25) is 5.91 Å². The number of carbonyl (C=O) groups excluding carboxylic acids is 1. The molecule has 1 amide bonds. The third kappa shape index (κ3) is 4.07. The van der Waals surface area contributed by atoms with Crippen LogP contribution in [-0.2, 0) is 9.53 Å². The molecule has 4 heteroatoms. The van der Waals surface area contributed by atoms with Gasteiger partial charge in [-0.05, 0) is 32.6 Å². The molecule has 4 nitrogen and oxygen atoms in total. The van der Waals surface area contributed by atoms with Crippen molar-refractivity contribution in [1.29, 1.82) is 0 Å². The molecule has 1 aliphatic rings. The number of hydrogen-bond donors (Lipinski definition) is 2. The maximum absolute atomic E-state index is 11.4. The summed E-state index contributed by atoms with van der Waals surface area (Å²) in [7, 11) is 0. The number of rotatable bonds is 5. The van der Waals surface area contributed by atoms with Crippen molar-refractivity contribution in [2.45, 2.75) is 44.8 Å². The molecule has 0 aromatic carbocycles. The fourth-order valence-corrected chi connectivity index (χ4v) is 1.53. The third-order valence-corrected chi connectivity index (χ3v) is 2.36. The van der Waals surface area contributed by atoms with Crippen LogP contribution in [0.2, 0.25) is 0 Å². The van der Waals surface area contributed by atoms with Crippen molar-refractivity contribution in [3.63, 3.8) is 0 Å². The SMILES string of the molecule is CC(N)CCCNC(=O)C1CCCO1. The van der Waals surface area contributed by atoms with Crippen LogP contribution in [0.3, 0.4) is 0 Å². The molecule has 82 valence electrons. The minimum atomic E-state index is -0.203. The van der Waals surface area contributed by atoms with Crippen molar-refractivity contribution < 1.29 is 9.53 Å². The van der Waals surface area contributed by atoms with Gasteiger partial charge in [0.1, 0.15) is 6.10 Å². The van der Waals surface area contributed by atoms with Gasteiger partial charge in [-0.15, -0.1) is 0 Å². The average Bonchev–Trinajstić information content (AvgIpc) is 2.64. The lowest BCUT2D eigenvalue weighted by Crippen LogP contribution is -2.35. The first kappa shape index (κ1) is 11.5. The number of nitrogens with two attached hydrogens (primary N) is 1. The molecule has 0 bridgehead atoms. The fourth-order valence-electron chi connectivity index (χ4n) is 1.53. The number of amides is 1. The molecule has 0 spiro atoms. The first-order valence-electron chi connectivity index (χ1n) is 5.35. The Morgan fingerprint density at radius 1 is 1.71 bits per heavy atom. The lowest BCUT2D eigenvalue weighted by molar-refractivity contribution is -0.130. The lowest BCUT2D eigenvalue weighted by atomic mass is 10.2. The van der Waals surface area contributed by atoms with Crippen molar-refractivity contribution in [2.75, 3.05) is 13.2 Å². The minimum Gasteiger partial charge on any atom is -0.368 e. The first-order valence-corrected chi connectivity index (χ1v) is 5.35. The predicted molar refractivity (Wildman–Crippen MR) is 54.9 cm³/mol. The van der Waals surface area contributed by atoms with Crippen LogP contribution in [0.5, 0.6) is 0 Å². The second kappa shape index (κ2) is 5.98. The van der Waals surface area contributed by atoms with Crippen molar-refractivity contribution in [2.24, 2.45) is 5.73 Å². The van der Waals surface area contributed by atoms with Crippen LogP contribution in [-0.4, -0.2) is 31.2 Å². The topological polar surface area (TPSA) is 64.3 Å². The maximum atomic E-state index is 11.4. The van der Waals surface area contributed by atoms with E-state index in [0.717, 1.165) is 32.3 Å². The molecule has 0 aromatic rings. The van der Waals surface area contributed by atoms with Crippen LogP contribution in [0.1, 0.15) is 32.6 Å². The third-order valence-electron chi connectivity index (χ3n) is 2.36. The van der Waals surface area contributed by atoms with Gasteiger partial charge in [0.05, 0.1) is 0 Å². The van der Waals surface area contributed by atoms with Crippen LogP contribution >= 0.6 is 0 Å². The van der Waals surface area contributed by atoms with E-state index in [9.17, 15) is 4.79 Å². The Kier molecular flexibility index (Phi) is 4.90. The summed E-state index contributed by atoms with van der Waals surface area (Å²) >= 11 is 0. The second-order valence-corrected chi connectivity index (χ2v) is 3.91. The van der Waals surface area contributed by atoms with Crippen molar-refractivity contribution in [1.82, 2.24) is 5.32 Å². The van der Waals surface area contributed by atoms with Gasteiger partial charge in [0.25, 0.3) is 0 Å². The van der Waals surface area contributed by atoms with Crippen LogP contribution < -0.4 is 11.1 Å². The summed E-state index contributed by atoms with van der Waals surface area (Å²) < 4.78 is 5.26. The van der Waals surface area contributed by atoms with E-state index in [1.807, 2.05) is 6.92 Å². The quantitative estimate of drug-likeness (QED) is 0.632. The molecule has 0 radical (unpaired) electrons. The van der Waals surface area contributed by atoms with E-state index in [1.54, 1.807) is 0 Å². The molecule has 1 aliphatic heterocycles. The molecule has 1 heterocycles. The van der Waals surface area contributed by atoms with Gasteiger partial charge in [-0.2, -0.15) is 0 Å². The van der Waals surface area contributed by atoms with Crippen LogP contribution in [0.25, 0.3) is 0 Å². The lowest BCUT2D eigenvalue weighted by Gasteiger charge is -2.10. The Balaban J connectivity index is 2.03. The summed E-state index contributed by atoms with van der Waals surface area (Å²) in [5, 5.41) is 2.86. The van der Waals surface area contributed by atoms with Crippen LogP contribution in [0, 0.1) is 0 Å². The smallest absolute Gasteiger partial charge is 0.249 e. The average molecular weight is 200 g/mol.